The molecule has 2 atom stereocenters. The molecule has 2 nitrogen and oxygen atoms in total. The van der Waals surface area contributed by atoms with Gasteiger partial charge in [-0.25, -0.2) is 0 Å². The van der Waals surface area contributed by atoms with Crippen LogP contribution in [-0.2, 0) is 26.8 Å². The molecule has 4 aromatic carbocycles. The van der Waals surface area contributed by atoms with Crippen LogP contribution < -0.4 is 0 Å². The molecule has 2 aliphatic carbocycles. The van der Waals surface area contributed by atoms with Crippen LogP contribution in [0.3, 0.4) is 0 Å². The second-order valence-electron chi connectivity index (χ2n) is 9.68. The second-order valence-corrected chi connectivity index (χ2v) is 19.8. The topological polar surface area (TPSA) is 18.5 Å². The Kier molecular flexibility index (Phi) is 5.99. The van der Waals surface area contributed by atoms with Gasteiger partial charge >= 0.3 is 237 Å². The van der Waals surface area contributed by atoms with Gasteiger partial charge in [-0.15, -0.1) is 0 Å². The Hall–Kier alpha value is -2.14. The Morgan fingerprint density at radius 1 is 0.784 bits per heavy atom. The van der Waals surface area contributed by atoms with Crippen molar-refractivity contribution in [3.63, 3.8) is 0 Å². The standard InChI is InChI=1S/C15H10Br.C15H9S.2CH3O.Zr/c16-14-8-4-7-12-9-10-13(15(12)14)11-5-2-1-3-6-11;1-2-11-8-12-9-14(11)15(3-1)16-13-6-4-10(12)5-7-13;2*1-2;/h1-9,13H;1-9H;2*1H3;/q;;2*-1;+2. The third-order valence-electron chi connectivity index (χ3n) is 7.96. The van der Waals surface area contributed by atoms with Crippen LogP contribution in [0.25, 0.3) is 26.2 Å². The van der Waals surface area contributed by atoms with Crippen LogP contribution in [0.1, 0.15) is 37.4 Å². The van der Waals surface area contributed by atoms with Crippen LogP contribution >= 0.6 is 27.3 Å². The van der Waals surface area contributed by atoms with Gasteiger partial charge in [-0.1, -0.05) is 0 Å². The Bertz CT molecular complexity index is 1720. The molecule has 0 saturated heterocycles. The van der Waals surface area contributed by atoms with Crippen molar-refractivity contribution in [2.75, 3.05) is 14.2 Å². The molecular weight excluding hydrogens is 620 g/mol. The molecule has 0 spiro atoms. The molecule has 4 bridgehead atoms. The van der Waals surface area contributed by atoms with E-state index in [2.05, 4.69) is 119 Å². The molecule has 0 radical (unpaired) electrons. The van der Waals surface area contributed by atoms with Crippen LogP contribution in [0.2, 0.25) is 0 Å². The van der Waals surface area contributed by atoms with Gasteiger partial charge in [-0.3, -0.25) is 0 Å². The van der Waals surface area contributed by atoms with E-state index in [1.807, 2.05) is 25.6 Å². The monoisotopic (exact) mass is 642 g/mol. The van der Waals surface area contributed by atoms with E-state index in [4.69, 9.17) is 5.63 Å². The van der Waals surface area contributed by atoms with Crippen LogP contribution in [0.15, 0.2) is 105 Å². The van der Waals surface area contributed by atoms with Gasteiger partial charge in [0.2, 0.25) is 0 Å². The van der Waals surface area contributed by atoms with Crippen molar-refractivity contribution in [3.8, 4) is 0 Å². The van der Waals surface area contributed by atoms with Gasteiger partial charge in [0.25, 0.3) is 0 Å². The van der Waals surface area contributed by atoms with E-state index < -0.39 is 21.1 Å². The van der Waals surface area contributed by atoms with Gasteiger partial charge in [0.15, 0.2) is 0 Å². The van der Waals surface area contributed by atoms with Gasteiger partial charge in [-0.2, -0.15) is 0 Å². The quantitative estimate of drug-likeness (QED) is 0.190. The first-order valence-corrected chi connectivity index (χ1v) is 18.7. The molecule has 2 aromatic heterocycles. The van der Waals surface area contributed by atoms with E-state index in [1.165, 1.54) is 51.3 Å². The molecule has 8 rings (SSSR count). The molecule has 0 N–H and O–H groups in total. The van der Waals surface area contributed by atoms with E-state index in [-0.39, 0.29) is 9.54 Å². The average Bonchev–Trinajstić information content (AvgIpc) is 3.55. The summed E-state index contributed by atoms with van der Waals surface area (Å²) in [6, 6.07) is 35.4. The Morgan fingerprint density at radius 3 is 2.30 bits per heavy atom. The fourth-order valence-electron chi connectivity index (χ4n) is 6.37. The molecule has 0 saturated carbocycles. The first-order chi connectivity index (χ1) is 18.1. The van der Waals surface area contributed by atoms with E-state index in [1.54, 1.807) is 0 Å². The molecule has 2 heterocycles. The van der Waals surface area contributed by atoms with Crippen LogP contribution in [-0.4, -0.2) is 14.2 Å². The normalized spacial score (nSPS) is 18.0. The molecule has 37 heavy (non-hydrogen) atoms. The second kappa shape index (κ2) is 9.25. The fraction of sp³-hybridized carbons (Fsp3) is 0.125. The molecule has 2 aliphatic rings. The predicted octanol–water partition coefficient (Wildman–Crippen LogP) is 9.25. The Labute approximate surface area is 235 Å². The van der Waals surface area contributed by atoms with E-state index in [9.17, 15) is 0 Å². The maximum atomic E-state index is 6.80. The van der Waals surface area contributed by atoms with Crippen LogP contribution in [0.4, 0.5) is 0 Å². The summed E-state index contributed by atoms with van der Waals surface area (Å²) >= 11 is 1.59. The van der Waals surface area contributed by atoms with Crippen LogP contribution in [0.5, 0.6) is 0 Å². The van der Waals surface area contributed by atoms with E-state index in [0.29, 0.717) is 0 Å². The van der Waals surface area contributed by atoms with E-state index >= 15 is 0 Å². The summed E-state index contributed by atoms with van der Waals surface area (Å²) in [5, 5.41) is 2.57. The third-order valence-corrected chi connectivity index (χ3v) is 19.2. The van der Waals surface area contributed by atoms with Gasteiger partial charge in [-0.05, 0) is 0 Å². The van der Waals surface area contributed by atoms with E-state index in [0.717, 1.165) is 4.47 Å². The third kappa shape index (κ3) is 3.59. The molecule has 0 amide bonds. The van der Waals surface area contributed by atoms with Crippen molar-refractivity contribution >= 4 is 53.5 Å². The van der Waals surface area contributed by atoms with Crippen molar-refractivity contribution in [2.45, 2.75) is 9.54 Å². The zero-order valence-corrected chi connectivity index (χ0v) is 25.4. The molecule has 182 valence electrons. The van der Waals surface area contributed by atoms with Gasteiger partial charge in [0, 0.05) is 0 Å². The zero-order valence-electron chi connectivity index (χ0n) is 20.6. The molecule has 0 aliphatic heterocycles. The summed E-state index contributed by atoms with van der Waals surface area (Å²) in [4.78, 5) is 0. The molecule has 6 aromatic rings. The predicted molar refractivity (Wildman–Crippen MR) is 154 cm³/mol. The SMILES string of the molecule is C[O][Zr]([O]C)([C]1=Cc2cccc(Br)c2C1c1ccccc1)[CH]1c2cc3c1cccc3sc1ccc2cc1. The Balaban J connectivity index is 1.53. The number of fused-ring (bicyclic) bond motifs is 3. The number of hydrogen-bond acceptors (Lipinski definition) is 3. The van der Waals surface area contributed by atoms with Gasteiger partial charge < -0.3 is 0 Å². The average molecular weight is 645 g/mol. The number of halogens is 1. The maximum absolute atomic E-state index is 6.80. The molecule has 2 unspecified atom stereocenters. The number of allylic oxidation sites excluding steroid dienone is 1. The van der Waals surface area contributed by atoms with Crippen molar-refractivity contribution in [1.29, 1.82) is 0 Å². The summed E-state index contributed by atoms with van der Waals surface area (Å²) in [5.74, 6) is 0.0839. The number of rotatable bonds is 5. The first kappa shape index (κ1) is 23.9. The Morgan fingerprint density at radius 2 is 1.54 bits per heavy atom. The van der Waals surface area contributed by atoms with Crippen LogP contribution in [0, 0.1) is 0 Å². The minimum absolute atomic E-state index is 0.0781. The van der Waals surface area contributed by atoms with Crippen molar-refractivity contribution < 1.29 is 26.8 Å². The zero-order chi connectivity index (χ0) is 25.1. The van der Waals surface area contributed by atoms with Gasteiger partial charge in [0.05, 0.1) is 0 Å². The molecule has 5 heteroatoms. The van der Waals surface area contributed by atoms with Crippen molar-refractivity contribution in [1.82, 2.24) is 0 Å². The molecular formula is C32H25BrO2SZr. The minimum atomic E-state index is -4.14. The summed E-state index contributed by atoms with van der Waals surface area (Å²) in [5.41, 5.74) is 6.47. The summed E-state index contributed by atoms with van der Waals surface area (Å²) < 4.78 is 18.7. The summed E-state index contributed by atoms with van der Waals surface area (Å²) in [6.45, 7) is 0. The number of hydrogen-bond donors (Lipinski definition) is 0. The van der Waals surface area contributed by atoms with Gasteiger partial charge in [0.1, 0.15) is 0 Å². The first-order valence-electron chi connectivity index (χ1n) is 12.4. The summed E-state index contributed by atoms with van der Waals surface area (Å²) in [7, 11) is 3.76. The molecule has 0 fully saturated rings. The number of benzene rings is 4. The fourth-order valence-corrected chi connectivity index (χ4v) is 17.4. The van der Waals surface area contributed by atoms with Crippen molar-refractivity contribution in [2.24, 2.45) is 0 Å². The van der Waals surface area contributed by atoms with Crippen molar-refractivity contribution in [3.05, 3.63) is 133 Å². The summed E-state index contributed by atoms with van der Waals surface area (Å²) in [6.07, 6.45) is 2.38.